The molecule has 0 bridgehead atoms. The third-order valence-corrected chi connectivity index (χ3v) is 11.2. The quantitative estimate of drug-likeness (QED) is 0.0858. The maximum Gasteiger partial charge on any atom is 0.317 e. The smallest absolute Gasteiger partial charge is 0.317 e. The Bertz CT molecular complexity index is 1570. The van der Waals surface area contributed by atoms with Crippen LogP contribution in [-0.4, -0.2) is 60.9 Å². The molecule has 344 valence electrons. The summed E-state index contributed by atoms with van der Waals surface area (Å²) in [4.78, 5) is 16.2. The zero-order chi connectivity index (χ0) is 45.9. The van der Waals surface area contributed by atoms with Gasteiger partial charge in [-0.2, -0.15) is 0 Å². The molecule has 3 aromatic carbocycles. The predicted octanol–water partition coefficient (Wildman–Crippen LogP) is 13.3. The highest BCUT2D eigenvalue weighted by Gasteiger charge is 2.50. The second-order valence-corrected chi connectivity index (χ2v) is 20.0. The molecule has 3 aromatic rings. The summed E-state index contributed by atoms with van der Waals surface area (Å²) in [5.41, 5.74) is 0. The van der Waals surface area contributed by atoms with Crippen LogP contribution < -0.4 is 42.6 Å². The summed E-state index contributed by atoms with van der Waals surface area (Å²) in [7, 11) is -3.61. The first-order valence-electron chi connectivity index (χ1n) is 22.1. The van der Waals surface area contributed by atoms with Gasteiger partial charge in [0.05, 0.1) is 54.9 Å². The molecule has 0 fully saturated rings. The van der Waals surface area contributed by atoms with E-state index >= 15 is 0 Å². The molecule has 12 heteroatoms. The Hall–Kier alpha value is -4.32. The SMILES string of the molecule is CCCC(=O)OS(c1c(OC(C)C)cc(OC(C)C)cc1OC(C)C)(c1c(OC(C)C)cc(OC(C)C)cc1OC(C)C)c1c(OC(C)C)cc(OC(C)C)cc1OC(C)C. The second kappa shape index (κ2) is 22.7. The van der Waals surface area contributed by atoms with Crippen molar-refractivity contribution in [1.82, 2.24) is 0 Å². The molecule has 0 N–H and O–H groups in total. The van der Waals surface area contributed by atoms with Crippen LogP contribution in [0.2, 0.25) is 0 Å². The first kappa shape index (κ1) is 51.0. The van der Waals surface area contributed by atoms with Gasteiger partial charge >= 0.3 is 5.97 Å². The lowest BCUT2D eigenvalue weighted by atomic mass is 10.2. The van der Waals surface area contributed by atoms with Crippen LogP contribution in [0.1, 0.15) is 144 Å². The monoisotopic (exact) mass is 873 g/mol. The lowest BCUT2D eigenvalue weighted by Gasteiger charge is -2.44. The van der Waals surface area contributed by atoms with Crippen LogP contribution in [0.15, 0.2) is 51.1 Å². The van der Waals surface area contributed by atoms with E-state index in [1.165, 1.54) is 0 Å². The van der Waals surface area contributed by atoms with E-state index in [1.54, 1.807) is 0 Å². The molecule has 11 nitrogen and oxygen atoms in total. The summed E-state index contributed by atoms with van der Waals surface area (Å²) in [6.45, 7) is 37.0. The Morgan fingerprint density at radius 3 is 0.738 bits per heavy atom. The van der Waals surface area contributed by atoms with Gasteiger partial charge < -0.3 is 46.8 Å². The fraction of sp³-hybridized carbons (Fsp3) is 0.612. The molecule has 0 saturated carbocycles. The summed E-state index contributed by atoms with van der Waals surface area (Å²) in [5.74, 6) is 3.24. The van der Waals surface area contributed by atoms with Crippen molar-refractivity contribution in [3.8, 4) is 51.7 Å². The molecule has 0 saturated heterocycles. The molecule has 0 amide bonds. The van der Waals surface area contributed by atoms with Crippen molar-refractivity contribution in [3.63, 3.8) is 0 Å². The third-order valence-electron chi connectivity index (χ3n) is 7.81. The van der Waals surface area contributed by atoms with E-state index in [9.17, 15) is 4.79 Å². The van der Waals surface area contributed by atoms with Crippen molar-refractivity contribution in [3.05, 3.63) is 36.4 Å². The number of rotatable bonds is 24. The first-order valence-corrected chi connectivity index (χ1v) is 23.6. The lowest BCUT2D eigenvalue weighted by Crippen LogP contribution is -2.23. The summed E-state index contributed by atoms with van der Waals surface area (Å²) in [6, 6.07) is 11.0. The van der Waals surface area contributed by atoms with Crippen LogP contribution in [0.4, 0.5) is 0 Å². The average molecular weight is 873 g/mol. The molecule has 0 spiro atoms. The van der Waals surface area contributed by atoms with Crippen molar-refractivity contribution in [2.24, 2.45) is 0 Å². The standard InChI is InChI=1S/C49H76O11S/c1-20-21-46(50)60-61(47-40(54-31(8)9)22-37(51-28(2)3)23-41(47)55-32(10)11,48-42(56-33(12)13)24-38(52-29(4)5)25-43(48)57-34(14)15)49-44(58-35(16)17)26-39(53-30(6)7)27-45(49)59-36(18)19/h22-36H,20-21H2,1-19H3. The number of carbonyl (C=O) groups is 1. The predicted molar refractivity (Wildman–Crippen MR) is 245 cm³/mol. The van der Waals surface area contributed by atoms with Gasteiger partial charge in [0.1, 0.15) is 66.4 Å². The van der Waals surface area contributed by atoms with Crippen molar-refractivity contribution in [1.29, 1.82) is 0 Å². The molecule has 0 aliphatic carbocycles. The number of hydrogen-bond donors (Lipinski definition) is 0. The zero-order valence-electron chi connectivity index (χ0n) is 40.5. The van der Waals surface area contributed by atoms with E-state index in [2.05, 4.69) is 0 Å². The normalized spacial score (nSPS) is 12.3. The van der Waals surface area contributed by atoms with Gasteiger partial charge in [-0.1, -0.05) is 6.92 Å². The molecule has 61 heavy (non-hydrogen) atoms. The van der Waals surface area contributed by atoms with Gasteiger partial charge in [0, 0.05) is 53.1 Å². The molecule has 0 aliphatic rings. The van der Waals surface area contributed by atoms with Crippen LogP contribution in [0, 0.1) is 0 Å². The van der Waals surface area contributed by atoms with Crippen LogP contribution in [0.3, 0.4) is 0 Å². The lowest BCUT2D eigenvalue weighted by molar-refractivity contribution is -0.133. The maximum atomic E-state index is 14.9. The fourth-order valence-electron chi connectivity index (χ4n) is 6.39. The van der Waals surface area contributed by atoms with Gasteiger partial charge in [-0.25, -0.2) is 0 Å². The minimum atomic E-state index is -3.61. The minimum Gasteiger partial charge on any atom is -0.491 e. The van der Waals surface area contributed by atoms with Gasteiger partial charge in [-0.05, 0) is 131 Å². The number of benzene rings is 3. The summed E-state index contributed by atoms with van der Waals surface area (Å²) in [6.07, 6.45) is -2.01. The minimum absolute atomic E-state index is 0.0919. The molecule has 0 heterocycles. The van der Waals surface area contributed by atoms with Crippen molar-refractivity contribution in [2.45, 2.75) is 214 Å². The summed E-state index contributed by atoms with van der Waals surface area (Å²) >= 11 is 0. The molecular formula is C49H76O11S. The van der Waals surface area contributed by atoms with Crippen molar-refractivity contribution >= 4 is 16.3 Å². The van der Waals surface area contributed by atoms with Gasteiger partial charge in [-0.3, -0.25) is 4.79 Å². The Kier molecular flexibility index (Phi) is 19.0. The fourth-order valence-corrected chi connectivity index (χ4v) is 9.96. The van der Waals surface area contributed by atoms with E-state index in [1.807, 2.05) is 168 Å². The highest BCUT2D eigenvalue weighted by Crippen LogP contribution is 2.81. The van der Waals surface area contributed by atoms with E-state index in [-0.39, 0.29) is 61.4 Å². The van der Waals surface area contributed by atoms with E-state index in [0.29, 0.717) is 72.9 Å². The molecule has 0 radical (unpaired) electrons. The Labute approximate surface area is 368 Å². The topological polar surface area (TPSA) is 109 Å². The van der Waals surface area contributed by atoms with Crippen LogP contribution in [0.5, 0.6) is 51.7 Å². The summed E-state index contributed by atoms with van der Waals surface area (Å²) in [5, 5.41) is 0. The molecule has 3 rings (SSSR count). The third kappa shape index (κ3) is 14.4. The number of hydrogen-bond acceptors (Lipinski definition) is 11. The van der Waals surface area contributed by atoms with E-state index in [0.717, 1.165) is 0 Å². The highest BCUT2D eigenvalue weighted by molar-refractivity contribution is 8.30. The highest BCUT2D eigenvalue weighted by atomic mass is 32.3. The van der Waals surface area contributed by atoms with E-state index < -0.39 is 16.3 Å². The molecule has 0 aliphatic heterocycles. The first-order chi connectivity index (χ1) is 28.5. The number of ether oxygens (including phenoxy) is 9. The summed E-state index contributed by atoms with van der Waals surface area (Å²) < 4.78 is 67.8. The largest absolute Gasteiger partial charge is 0.491 e. The molecule has 0 unspecified atom stereocenters. The van der Waals surface area contributed by atoms with Crippen molar-refractivity contribution in [2.75, 3.05) is 0 Å². The van der Waals surface area contributed by atoms with Crippen LogP contribution in [-0.2, 0) is 8.98 Å². The van der Waals surface area contributed by atoms with Gasteiger partial charge in [0.25, 0.3) is 0 Å². The zero-order valence-corrected chi connectivity index (χ0v) is 41.3. The molecule has 0 atom stereocenters. The van der Waals surface area contributed by atoms with Crippen LogP contribution >= 0.6 is 10.3 Å². The number of carbonyl (C=O) groups excluding carboxylic acids is 1. The average Bonchev–Trinajstić information content (AvgIpc) is 3.05. The second-order valence-electron chi connectivity index (χ2n) is 17.5. The maximum absolute atomic E-state index is 14.9. The van der Waals surface area contributed by atoms with Crippen molar-refractivity contribution < 1.29 is 51.6 Å². The van der Waals surface area contributed by atoms with E-state index in [4.69, 9.17) is 46.8 Å². The Morgan fingerprint density at radius 1 is 0.377 bits per heavy atom. The van der Waals surface area contributed by atoms with Crippen LogP contribution in [0.25, 0.3) is 0 Å². The molecular weight excluding hydrogens is 797 g/mol. The molecule has 0 aromatic heterocycles. The van der Waals surface area contributed by atoms with Gasteiger partial charge in [0.2, 0.25) is 0 Å². The Morgan fingerprint density at radius 2 is 0.574 bits per heavy atom. The van der Waals surface area contributed by atoms with Gasteiger partial charge in [0.15, 0.2) is 0 Å². The van der Waals surface area contributed by atoms with Gasteiger partial charge in [-0.15, -0.1) is 0 Å². The Balaban J connectivity index is 3.08.